The summed E-state index contributed by atoms with van der Waals surface area (Å²) in [7, 11) is 0. The van der Waals surface area contributed by atoms with E-state index in [-0.39, 0.29) is 12.1 Å². The van der Waals surface area contributed by atoms with Crippen LogP contribution in [0, 0.1) is 0 Å². The van der Waals surface area contributed by atoms with Gasteiger partial charge in [-0.3, -0.25) is 4.99 Å². The van der Waals surface area contributed by atoms with Crippen LogP contribution < -0.4 is 10.6 Å². The second-order valence-corrected chi connectivity index (χ2v) is 7.33. The summed E-state index contributed by atoms with van der Waals surface area (Å²) in [6, 6.07) is 14.5. The van der Waals surface area contributed by atoms with Gasteiger partial charge in [-0.25, -0.2) is 0 Å². The lowest BCUT2D eigenvalue weighted by molar-refractivity contribution is 0.0171. The molecule has 2 atom stereocenters. The first kappa shape index (κ1) is 21.4. The van der Waals surface area contributed by atoms with Crippen LogP contribution in [-0.4, -0.2) is 45.0 Å². The summed E-state index contributed by atoms with van der Waals surface area (Å²) >= 11 is 0. The Bertz CT molecular complexity index is 697. The largest absolute Gasteiger partial charge is 0.469 e. The van der Waals surface area contributed by atoms with Crippen LogP contribution in [0.5, 0.6) is 0 Å². The first-order valence-corrected chi connectivity index (χ1v) is 10.6. The average Bonchev–Trinajstić information content (AvgIpc) is 3.45. The van der Waals surface area contributed by atoms with Crippen molar-refractivity contribution in [3.8, 4) is 0 Å². The van der Waals surface area contributed by atoms with Gasteiger partial charge in [-0.15, -0.1) is 0 Å². The minimum Gasteiger partial charge on any atom is -0.469 e. The van der Waals surface area contributed by atoms with Gasteiger partial charge in [0.15, 0.2) is 5.96 Å². The molecule has 1 aromatic heterocycles. The molecule has 1 aliphatic heterocycles. The second kappa shape index (κ2) is 12.3. The van der Waals surface area contributed by atoms with Crippen LogP contribution in [0.25, 0.3) is 0 Å². The highest BCUT2D eigenvalue weighted by Crippen LogP contribution is 2.12. The molecule has 2 unspecified atom stereocenters. The quantitative estimate of drug-likeness (QED) is 0.343. The molecule has 29 heavy (non-hydrogen) atoms. The van der Waals surface area contributed by atoms with Crippen LogP contribution in [0.2, 0.25) is 0 Å². The first-order chi connectivity index (χ1) is 14.3. The average molecular weight is 400 g/mol. The van der Waals surface area contributed by atoms with Crippen LogP contribution in [0.15, 0.2) is 58.1 Å². The summed E-state index contributed by atoms with van der Waals surface area (Å²) in [4.78, 5) is 4.73. The lowest BCUT2D eigenvalue weighted by atomic mass is 10.1. The van der Waals surface area contributed by atoms with Crippen LogP contribution in [-0.2, 0) is 15.9 Å². The van der Waals surface area contributed by atoms with Gasteiger partial charge in [-0.1, -0.05) is 30.3 Å². The highest BCUT2D eigenvalue weighted by atomic mass is 16.5. The number of ether oxygens (including phenoxy) is 2. The predicted molar refractivity (Wildman–Crippen MR) is 115 cm³/mol. The van der Waals surface area contributed by atoms with Gasteiger partial charge in [0.1, 0.15) is 5.76 Å². The Morgan fingerprint density at radius 3 is 2.90 bits per heavy atom. The zero-order valence-electron chi connectivity index (χ0n) is 17.3. The van der Waals surface area contributed by atoms with Crippen molar-refractivity contribution in [2.24, 2.45) is 4.99 Å². The molecular weight excluding hydrogens is 366 g/mol. The molecular formula is C23H33N3O3. The van der Waals surface area contributed by atoms with Crippen LogP contribution in [0.4, 0.5) is 0 Å². The Morgan fingerprint density at radius 1 is 1.24 bits per heavy atom. The van der Waals surface area contributed by atoms with E-state index in [1.54, 1.807) is 6.26 Å². The standard InChI is InChI=1S/C23H33N3O3/c1-19(20-8-3-2-4-9-20)26-23(25-14-12-21-10-5-16-28-21)24-13-7-15-27-18-22-11-6-17-29-22/h2-5,8-10,16,19,22H,6-7,11-15,17-18H2,1H3,(H2,24,25,26). The molecule has 0 saturated carbocycles. The summed E-state index contributed by atoms with van der Waals surface area (Å²) in [5.41, 5.74) is 1.23. The van der Waals surface area contributed by atoms with E-state index in [0.29, 0.717) is 19.8 Å². The van der Waals surface area contributed by atoms with Crippen LogP contribution in [0.1, 0.15) is 43.6 Å². The van der Waals surface area contributed by atoms with Crippen molar-refractivity contribution in [1.82, 2.24) is 10.6 Å². The SMILES string of the molecule is CC(NC(=NCCCOCC1CCCO1)NCCc1ccco1)c1ccccc1. The summed E-state index contributed by atoms with van der Waals surface area (Å²) in [5, 5.41) is 6.91. The minimum absolute atomic E-state index is 0.168. The number of nitrogens with zero attached hydrogens (tertiary/aromatic N) is 1. The highest BCUT2D eigenvalue weighted by molar-refractivity contribution is 5.80. The van der Waals surface area contributed by atoms with Gasteiger partial charge in [-0.05, 0) is 43.9 Å². The van der Waals surface area contributed by atoms with Gasteiger partial charge in [0.25, 0.3) is 0 Å². The van der Waals surface area contributed by atoms with Crippen molar-refractivity contribution in [3.05, 3.63) is 60.1 Å². The van der Waals surface area contributed by atoms with E-state index in [2.05, 4.69) is 41.8 Å². The monoisotopic (exact) mass is 399 g/mol. The molecule has 158 valence electrons. The maximum atomic E-state index is 5.73. The second-order valence-electron chi connectivity index (χ2n) is 7.33. The van der Waals surface area contributed by atoms with Gasteiger partial charge in [-0.2, -0.15) is 0 Å². The Hall–Kier alpha value is -2.31. The molecule has 1 aliphatic rings. The smallest absolute Gasteiger partial charge is 0.191 e. The van der Waals surface area contributed by atoms with Gasteiger partial charge >= 0.3 is 0 Å². The Balaban J connectivity index is 1.43. The van der Waals surface area contributed by atoms with Crippen molar-refractivity contribution in [2.75, 3.05) is 32.9 Å². The topological polar surface area (TPSA) is 68.0 Å². The molecule has 3 rings (SSSR count). The molecule has 6 heteroatoms. The number of furan rings is 1. The third-order valence-corrected chi connectivity index (χ3v) is 4.94. The molecule has 1 saturated heterocycles. The number of hydrogen-bond acceptors (Lipinski definition) is 4. The molecule has 2 aromatic rings. The first-order valence-electron chi connectivity index (χ1n) is 10.6. The van der Waals surface area contributed by atoms with E-state index in [9.17, 15) is 0 Å². The number of guanidine groups is 1. The zero-order chi connectivity index (χ0) is 20.2. The van der Waals surface area contributed by atoms with Gasteiger partial charge in [0, 0.05) is 32.7 Å². The van der Waals surface area contributed by atoms with Crippen molar-refractivity contribution in [3.63, 3.8) is 0 Å². The third-order valence-electron chi connectivity index (χ3n) is 4.94. The fourth-order valence-corrected chi connectivity index (χ4v) is 3.29. The van der Waals surface area contributed by atoms with E-state index < -0.39 is 0 Å². The fraction of sp³-hybridized carbons (Fsp3) is 0.522. The number of rotatable bonds is 11. The Morgan fingerprint density at radius 2 is 2.14 bits per heavy atom. The lowest BCUT2D eigenvalue weighted by Gasteiger charge is -2.18. The summed E-state index contributed by atoms with van der Waals surface area (Å²) in [6.45, 7) is 5.89. The van der Waals surface area contributed by atoms with E-state index in [1.165, 1.54) is 5.56 Å². The number of hydrogen-bond donors (Lipinski definition) is 2. The molecule has 0 aliphatic carbocycles. The van der Waals surface area contributed by atoms with Crippen LogP contribution >= 0.6 is 0 Å². The fourth-order valence-electron chi connectivity index (χ4n) is 3.29. The van der Waals surface area contributed by atoms with Crippen molar-refractivity contribution < 1.29 is 13.9 Å². The minimum atomic E-state index is 0.168. The van der Waals surface area contributed by atoms with E-state index >= 15 is 0 Å². The van der Waals surface area contributed by atoms with E-state index in [4.69, 9.17) is 18.9 Å². The summed E-state index contributed by atoms with van der Waals surface area (Å²) in [5.74, 6) is 1.78. The number of nitrogens with one attached hydrogen (secondary N) is 2. The van der Waals surface area contributed by atoms with Crippen LogP contribution in [0.3, 0.4) is 0 Å². The molecule has 2 N–H and O–H groups in total. The lowest BCUT2D eigenvalue weighted by Crippen LogP contribution is -2.40. The van der Waals surface area contributed by atoms with E-state index in [0.717, 1.165) is 50.6 Å². The zero-order valence-corrected chi connectivity index (χ0v) is 17.3. The molecule has 2 heterocycles. The normalized spacial score (nSPS) is 18.0. The maximum absolute atomic E-state index is 5.73. The summed E-state index contributed by atoms with van der Waals surface area (Å²) < 4.78 is 16.7. The van der Waals surface area contributed by atoms with Gasteiger partial charge in [0.05, 0.1) is 25.0 Å². The molecule has 1 fully saturated rings. The number of benzene rings is 1. The van der Waals surface area contributed by atoms with Crippen molar-refractivity contribution in [1.29, 1.82) is 0 Å². The van der Waals surface area contributed by atoms with E-state index in [1.807, 2.05) is 18.2 Å². The third kappa shape index (κ3) is 7.91. The Labute approximate surface area is 173 Å². The van der Waals surface area contributed by atoms with Crippen molar-refractivity contribution >= 4 is 5.96 Å². The maximum Gasteiger partial charge on any atom is 0.191 e. The Kier molecular flexibility index (Phi) is 9.07. The molecule has 0 bridgehead atoms. The van der Waals surface area contributed by atoms with Gasteiger partial charge in [0.2, 0.25) is 0 Å². The molecule has 0 radical (unpaired) electrons. The molecule has 6 nitrogen and oxygen atoms in total. The van der Waals surface area contributed by atoms with Crippen molar-refractivity contribution in [2.45, 2.75) is 44.8 Å². The predicted octanol–water partition coefficient (Wildman–Crippen LogP) is 3.70. The molecule has 0 amide bonds. The van der Waals surface area contributed by atoms with Gasteiger partial charge < -0.3 is 24.5 Å². The summed E-state index contributed by atoms with van der Waals surface area (Å²) in [6.07, 6.45) is 5.96. The highest BCUT2D eigenvalue weighted by Gasteiger charge is 2.15. The molecule has 0 spiro atoms. The number of aliphatic imine (C=N–C) groups is 1. The molecule has 1 aromatic carbocycles.